The van der Waals surface area contributed by atoms with E-state index in [9.17, 15) is 4.79 Å². The number of hydrogen-bond acceptors (Lipinski definition) is 3. The monoisotopic (exact) mass is 358 g/mol. The van der Waals surface area contributed by atoms with Gasteiger partial charge in [-0.2, -0.15) is 0 Å². The minimum atomic E-state index is 0.314. The maximum atomic E-state index is 12.6. The summed E-state index contributed by atoms with van der Waals surface area (Å²) in [7, 11) is 3.97. The van der Waals surface area contributed by atoms with E-state index in [4.69, 9.17) is 4.74 Å². The molecule has 0 N–H and O–H groups in total. The van der Waals surface area contributed by atoms with Gasteiger partial charge in [0.05, 0.1) is 7.11 Å². The molecule has 1 amide bonds. The van der Waals surface area contributed by atoms with Crippen LogP contribution in [0.1, 0.15) is 49.7 Å². The number of benzene rings is 1. The minimum Gasteiger partial charge on any atom is -0.496 e. The highest BCUT2D eigenvalue weighted by Crippen LogP contribution is 2.30. The van der Waals surface area contributed by atoms with Gasteiger partial charge in [-0.15, -0.1) is 0 Å². The van der Waals surface area contributed by atoms with Crippen LogP contribution in [0.15, 0.2) is 18.2 Å². The fourth-order valence-electron chi connectivity index (χ4n) is 4.74. The Morgan fingerprint density at radius 1 is 1.15 bits per heavy atom. The molecule has 4 heteroatoms. The summed E-state index contributed by atoms with van der Waals surface area (Å²) in [4.78, 5) is 17.3. The maximum absolute atomic E-state index is 12.6. The average Bonchev–Trinajstić information content (AvgIpc) is 2.67. The number of methoxy groups -OCH3 is 1. The fraction of sp³-hybridized carbons (Fsp3) is 0.682. The Bertz CT molecular complexity index is 608. The van der Waals surface area contributed by atoms with Crippen LogP contribution in [0, 0.1) is 12.8 Å². The standard InChI is InChI=1S/C22H34N2O2/c1-17-16-18(7-9-21(17)26-3)8-10-22(25)24-14-11-19(12-15-24)20-6-4-5-13-23(20)2/h7,9,16,19-20H,4-6,8,10-15H2,1-3H3. The zero-order chi connectivity index (χ0) is 18.5. The van der Waals surface area contributed by atoms with Crippen molar-refractivity contribution in [2.45, 2.75) is 57.9 Å². The van der Waals surface area contributed by atoms with E-state index in [1.54, 1.807) is 7.11 Å². The highest BCUT2D eigenvalue weighted by Gasteiger charge is 2.31. The summed E-state index contributed by atoms with van der Waals surface area (Å²) in [6, 6.07) is 6.95. The van der Waals surface area contributed by atoms with Crippen LogP contribution in [0.5, 0.6) is 5.75 Å². The molecule has 3 rings (SSSR count). The van der Waals surface area contributed by atoms with Gasteiger partial charge in [-0.1, -0.05) is 18.6 Å². The van der Waals surface area contributed by atoms with Gasteiger partial charge in [0.1, 0.15) is 5.75 Å². The lowest BCUT2D eigenvalue weighted by Crippen LogP contribution is -2.47. The first-order valence-electron chi connectivity index (χ1n) is 10.2. The second-order valence-electron chi connectivity index (χ2n) is 8.07. The third-order valence-corrected chi connectivity index (χ3v) is 6.35. The van der Waals surface area contributed by atoms with Crippen molar-refractivity contribution in [2.75, 3.05) is 33.8 Å². The van der Waals surface area contributed by atoms with E-state index in [-0.39, 0.29) is 0 Å². The molecule has 1 unspecified atom stereocenters. The summed E-state index contributed by atoms with van der Waals surface area (Å²) >= 11 is 0. The maximum Gasteiger partial charge on any atom is 0.222 e. The summed E-state index contributed by atoms with van der Waals surface area (Å²) in [6.07, 6.45) is 7.82. The van der Waals surface area contributed by atoms with Gasteiger partial charge in [0.2, 0.25) is 5.91 Å². The molecule has 144 valence electrons. The molecule has 1 atom stereocenters. The van der Waals surface area contributed by atoms with Gasteiger partial charge in [0, 0.05) is 25.6 Å². The number of ether oxygens (including phenoxy) is 1. The molecule has 2 heterocycles. The predicted molar refractivity (Wildman–Crippen MR) is 106 cm³/mol. The van der Waals surface area contributed by atoms with E-state index in [1.165, 1.54) is 44.2 Å². The molecule has 0 aliphatic carbocycles. The molecule has 0 radical (unpaired) electrons. The molecule has 1 aromatic carbocycles. The van der Waals surface area contributed by atoms with E-state index < -0.39 is 0 Å². The van der Waals surface area contributed by atoms with Crippen LogP contribution in [0.3, 0.4) is 0 Å². The Labute approximate surface area is 158 Å². The van der Waals surface area contributed by atoms with Crippen molar-refractivity contribution in [2.24, 2.45) is 5.92 Å². The van der Waals surface area contributed by atoms with Gasteiger partial charge >= 0.3 is 0 Å². The number of piperidine rings is 2. The summed E-state index contributed by atoms with van der Waals surface area (Å²) < 4.78 is 5.31. The molecule has 2 fully saturated rings. The Hall–Kier alpha value is -1.55. The summed E-state index contributed by atoms with van der Waals surface area (Å²) in [5.74, 6) is 2.00. The van der Waals surface area contributed by atoms with E-state index in [1.807, 2.05) is 6.07 Å². The van der Waals surface area contributed by atoms with Crippen LogP contribution < -0.4 is 4.74 Å². The summed E-state index contributed by atoms with van der Waals surface area (Å²) in [5.41, 5.74) is 2.35. The number of rotatable bonds is 5. The number of nitrogens with zero attached hydrogens (tertiary/aromatic N) is 2. The molecule has 1 aromatic rings. The fourth-order valence-corrected chi connectivity index (χ4v) is 4.74. The first kappa shape index (κ1) is 19.2. The highest BCUT2D eigenvalue weighted by molar-refractivity contribution is 5.76. The lowest BCUT2D eigenvalue weighted by Gasteiger charge is -2.42. The lowest BCUT2D eigenvalue weighted by molar-refractivity contribution is -0.132. The topological polar surface area (TPSA) is 32.8 Å². The van der Waals surface area contributed by atoms with E-state index in [0.717, 1.165) is 42.8 Å². The van der Waals surface area contributed by atoms with Crippen LogP contribution in [-0.2, 0) is 11.2 Å². The molecule has 2 aliphatic heterocycles. The molecule has 0 bridgehead atoms. The second kappa shape index (κ2) is 8.90. The first-order valence-corrected chi connectivity index (χ1v) is 10.2. The SMILES string of the molecule is COc1ccc(CCC(=O)N2CCC(C3CCCCN3C)CC2)cc1C. The third-order valence-electron chi connectivity index (χ3n) is 6.35. The lowest BCUT2D eigenvalue weighted by atomic mass is 9.84. The van der Waals surface area contributed by atoms with Crippen molar-refractivity contribution < 1.29 is 9.53 Å². The number of carbonyl (C=O) groups is 1. The molecular formula is C22H34N2O2. The van der Waals surface area contributed by atoms with Crippen molar-refractivity contribution in [1.29, 1.82) is 0 Å². The molecule has 2 saturated heterocycles. The zero-order valence-corrected chi connectivity index (χ0v) is 16.7. The van der Waals surface area contributed by atoms with E-state index >= 15 is 0 Å². The van der Waals surface area contributed by atoms with Crippen LogP contribution >= 0.6 is 0 Å². The largest absolute Gasteiger partial charge is 0.496 e. The second-order valence-corrected chi connectivity index (χ2v) is 8.07. The van der Waals surface area contributed by atoms with Crippen LogP contribution in [-0.4, -0.2) is 55.5 Å². The Morgan fingerprint density at radius 3 is 2.58 bits per heavy atom. The Kier molecular flexibility index (Phi) is 6.58. The summed E-state index contributed by atoms with van der Waals surface area (Å²) in [5, 5.41) is 0. The van der Waals surface area contributed by atoms with Gasteiger partial charge in [-0.05, 0) is 75.7 Å². The van der Waals surface area contributed by atoms with Crippen molar-refractivity contribution in [3.05, 3.63) is 29.3 Å². The van der Waals surface area contributed by atoms with Crippen LogP contribution in [0.25, 0.3) is 0 Å². The Morgan fingerprint density at radius 2 is 1.92 bits per heavy atom. The number of aryl methyl sites for hydroxylation is 2. The molecule has 26 heavy (non-hydrogen) atoms. The number of hydrogen-bond donors (Lipinski definition) is 0. The van der Waals surface area contributed by atoms with Gasteiger partial charge < -0.3 is 14.5 Å². The van der Waals surface area contributed by atoms with E-state index in [0.29, 0.717) is 12.3 Å². The van der Waals surface area contributed by atoms with Gasteiger partial charge in [0.25, 0.3) is 0 Å². The van der Waals surface area contributed by atoms with Gasteiger partial charge in [-0.25, -0.2) is 0 Å². The molecular weight excluding hydrogens is 324 g/mol. The molecule has 0 saturated carbocycles. The minimum absolute atomic E-state index is 0.314. The van der Waals surface area contributed by atoms with Crippen molar-refractivity contribution in [3.8, 4) is 5.75 Å². The highest BCUT2D eigenvalue weighted by atomic mass is 16.5. The molecule has 0 aromatic heterocycles. The Balaban J connectivity index is 1.45. The average molecular weight is 359 g/mol. The molecule has 0 spiro atoms. The van der Waals surface area contributed by atoms with Gasteiger partial charge in [-0.3, -0.25) is 4.79 Å². The predicted octanol–water partition coefficient (Wildman–Crippen LogP) is 3.66. The normalized spacial score (nSPS) is 22.4. The number of amides is 1. The first-order chi connectivity index (χ1) is 12.6. The molecule has 4 nitrogen and oxygen atoms in total. The van der Waals surface area contributed by atoms with Crippen molar-refractivity contribution >= 4 is 5.91 Å². The number of carbonyl (C=O) groups excluding carboxylic acids is 1. The quantitative estimate of drug-likeness (QED) is 0.805. The molecule has 2 aliphatic rings. The summed E-state index contributed by atoms with van der Waals surface area (Å²) in [6.45, 7) is 5.17. The van der Waals surface area contributed by atoms with Crippen molar-refractivity contribution in [1.82, 2.24) is 9.80 Å². The third kappa shape index (κ3) is 4.59. The van der Waals surface area contributed by atoms with Gasteiger partial charge in [0.15, 0.2) is 0 Å². The zero-order valence-electron chi connectivity index (χ0n) is 16.7. The smallest absolute Gasteiger partial charge is 0.222 e. The van der Waals surface area contributed by atoms with Crippen LogP contribution in [0.4, 0.5) is 0 Å². The van der Waals surface area contributed by atoms with Crippen molar-refractivity contribution in [3.63, 3.8) is 0 Å². The van der Waals surface area contributed by atoms with E-state index in [2.05, 4.69) is 35.9 Å². The number of likely N-dealkylation sites (tertiary alicyclic amines) is 2. The van der Waals surface area contributed by atoms with Crippen LogP contribution in [0.2, 0.25) is 0 Å².